The zero-order valence-electron chi connectivity index (χ0n) is 20.1. The van der Waals surface area contributed by atoms with E-state index in [-0.39, 0.29) is 48.2 Å². The average molecular weight is 576 g/mol. The van der Waals surface area contributed by atoms with Crippen molar-refractivity contribution in [1.29, 1.82) is 0 Å². The zero-order valence-corrected chi connectivity index (χ0v) is 22.3. The van der Waals surface area contributed by atoms with Gasteiger partial charge < -0.3 is 14.2 Å². The molecule has 0 aromatic carbocycles. The van der Waals surface area contributed by atoms with Crippen LogP contribution in [-0.4, -0.2) is 47.4 Å². The quantitative estimate of drug-likeness (QED) is 0.140. The first-order valence-corrected chi connectivity index (χ1v) is 13.6. The van der Waals surface area contributed by atoms with E-state index in [1.807, 2.05) is 6.92 Å². The molecule has 0 heterocycles. The fourth-order valence-corrected chi connectivity index (χ4v) is 8.81. The Morgan fingerprint density at radius 1 is 1.12 bits per heavy atom. The molecule has 3 fully saturated rings. The molecule has 0 saturated heterocycles. The van der Waals surface area contributed by atoms with E-state index >= 15 is 0 Å². The highest BCUT2D eigenvalue weighted by Gasteiger charge is 2.61. The van der Waals surface area contributed by atoms with Crippen LogP contribution in [0.15, 0.2) is 0 Å². The van der Waals surface area contributed by atoms with Gasteiger partial charge in [-0.25, -0.2) is 0 Å². The average Bonchev–Trinajstić information content (AvgIpc) is 3.09. The van der Waals surface area contributed by atoms with Gasteiger partial charge in [-0.05, 0) is 68.6 Å². The minimum atomic E-state index is -0.728. The first-order valence-electron chi connectivity index (χ1n) is 12.1. The molecule has 7 nitrogen and oxygen atoms in total. The molecule has 0 unspecified atom stereocenters. The van der Waals surface area contributed by atoms with Gasteiger partial charge >= 0.3 is 11.9 Å². The molecule has 3 rings (SSSR count). The normalized spacial score (nSPS) is 39.3. The summed E-state index contributed by atoms with van der Waals surface area (Å²) in [5, 5.41) is 0. The zero-order chi connectivity index (χ0) is 24.4. The number of Topliss-reactive ketones (excluding diaryl/α,β-unsaturated/α-hetero) is 1. The van der Waals surface area contributed by atoms with Crippen molar-refractivity contribution < 1.29 is 33.4 Å². The second kappa shape index (κ2) is 10.6. The van der Waals surface area contributed by atoms with Crippen LogP contribution >= 0.6 is 22.6 Å². The van der Waals surface area contributed by atoms with Crippen LogP contribution in [0.5, 0.6) is 0 Å². The molecule has 0 radical (unpaired) electrons. The number of carbonyl (C=O) groups is 4. The molecule has 8 heteroatoms. The number of alkyl halides is 1. The number of ether oxygens (including phenoxy) is 3. The Hall–Kier alpha value is -1.19. The van der Waals surface area contributed by atoms with Crippen molar-refractivity contribution in [2.24, 2.45) is 34.5 Å². The molecule has 3 aliphatic carbocycles. The van der Waals surface area contributed by atoms with E-state index in [4.69, 9.17) is 14.2 Å². The number of ketones is 1. The van der Waals surface area contributed by atoms with E-state index < -0.39 is 11.5 Å². The Bertz CT molecular complexity index is 770. The second-order valence-corrected chi connectivity index (χ2v) is 11.4. The number of hydrogen-bond donors (Lipinski definition) is 0. The fraction of sp³-hybridized carbons (Fsp3) is 0.840. The summed E-state index contributed by atoms with van der Waals surface area (Å²) in [6.45, 7) is 7.69. The summed E-state index contributed by atoms with van der Waals surface area (Å²) in [5.41, 5.74) is -0.680. The summed E-state index contributed by atoms with van der Waals surface area (Å²) in [6, 6.07) is 0. The van der Waals surface area contributed by atoms with Gasteiger partial charge in [-0.3, -0.25) is 19.2 Å². The largest absolute Gasteiger partial charge is 0.467 e. The summed E-state index contributed by atoms with van der Waals surface area (Å²) in [6.07, 6.45) is 4.70. The number of carbonyl (C=O) groups excluding carboxylic acids is 4. The third kappa shape index (κ3) is 5.10. The van der Waals surface area contributed by atoms with Crippen LogP contribution in [0.25, 0.3) is 0 Å². The molecule has 0 N–H and O–H groups in total. The highest BCUT2D eigenvalue weighted by atomic mass is 127. The van der Waals surface area contributed by atoms with Gasteiger partial charge in [-0.2, -0.15) is 0 Å². The Kier molecular flexibility index (Phi) is 8.49. The van der Waals surface area contributed by atoms with E-state index in [2.05, 4.69) is 29.5 Å². The minimum Gasteiger partial charge on any atom is -0.467 e. The predicted octanol–water partition coefficient (Wildman–Crippen LogP) is 4.28. The SMILES string of the molecule is CC(=O)O[C@H]1CC[C@](COC=O)([C@H]2CC[C@]3(C)[C@@H]([C@H](C)OC(C)=O)CC[C@H]3[C@@H]2CI)C(=O)C1. The highest BCUT2D eigenvalue weighted by molar-refractivity contribution is 14.1. The van der Waals surface area contributed by atoms with Gasteiger partial charge in [0.15, 0.2) is 0 Å². The van der Waals surface area contributed by atoms with E-state index in [1.54, 1.807) is 0 Å². The fourth-order valence-electron chi connectivity index (χ4n) is 7.58. The topological polar surface area (TPSA) is 96.0 Å². The molecule has 0 amide bonds. The first-order chi connectivity index (χ1) is 15.6. The number of hydrogen-bond acceptors (Lipinski definition) is 7. The van der Waals surface area contributed by atoms with E-state index in [1.165, 1.54) is 13.8 Å². The molecule has 8 atom stereocenters. The van der Waals surface area contributed by atoms with E-state index in [0.29, 0.717) is 37.1 Å². The van der Waals surface area contributed by atoms with Crippen LogP contribution in [0, 0.1) is 34.5 Å². The molecule has 0 spiro atoms. The first kappa shape index (κ1) is 26.4. The van der Waals surface area contributed by atoms with Crippen LogP contribution in [0.3, 0.4) is 0 Å². The van der Waals surface area contributed by atoms with Gasteiger partial charge in [0.1, 0.15) is 24.6 Å². The maximum absolute atomic E-state index is 13.6. The summed E-state index contributed by atoms with van der Waals surface area (Å²) in [7, 11) is 0. The molecule has 0 aromatic rings. The van der Waals surface area contributed by atoms with Crippen molar-refractivity contribution in [3.8, 4) is 0 Å². The number of rotatable bonds is 8. The highest BCUT2D eigenvalue weighted by Crippen LogP contribution is 2.63. The van der Waals surface area contributed by atoms with Gasteiger partial charge in [0, 0.05) is 30.6 Å². The summed E-state index contributed by atoms with van der Waals surface area (Å²) < 4.78 is 17.1. The molecular weight excluding hydrogens is 539 g/mol. The Labute approximate surface area is 210 Å². The lowest BCUT2D eigenvalue weighted by Gasteiger charge is -2.55. The lowest BCUT2D eigenvalue weighted by atomic mass is 9.50. The molecule has 0 aromatic heterocycles. The second-order valence-electron chi connectivity index (χ2n) is 10.5. The molecule has 33 heavy (non-hydrogen) atoms. The Morgan fingerprint density at radius 2 is 1.85 bits per heavy atom. The lowest BCUT2D eigenvalue weighted by Crippen LogP contribution is -2.55. The minimum absolute atomic E-state index is 0.0475. The molecule has 0 aliphatic heterocycles. The van der Waals surface area contributed by atoms with Crippen molar-refractivity contribution in [1.82, 2.24) is 0 Å². The monoisotopic (exact) mass is 576 g/mol. The number of fused-ring (bicyclic) bond motifs is 1. The molecule has 0 bridgehead atoms. The Morgan fingerprint density at radius 3 is 2.42 bits per heavy atom. The van der Waals surface area contributed by atoms with E-state index in [0.717, 1.165) is 30.1 Å². The maximum atomic E-state index is 13.6. The molecule has 186 valence electrons. The Balaban J connectivity index is 1.87. The van der Waals surface area contributed by atoms with Crippen LogP contribution in [-0.2, 0) is 33.4 Å². The summed E-state index contributed by atoms with van der Waals surface area (Å²) in [5.74, 6) is 0.576. The molecule has 3 aliphatic rings. The van der Waals surface area contributed by atoms with Crippen molar-refractivity contribution in [2.75, 3.05) is 11.0 Å². The van der Waals surface area contributed by atoms with Crippen molar-refractivity contribution in [3.05, 3.63) is 0 Å². The van der Waals surface area contributed by atoms with Crippen LogP contribution in [0.2, 0.25) is 0 Å². The van der Waals surface area contributed by atoms with E-state index in [9.17, 15) is 19.2 Å². The predicted molar refractivity (Wildman–Crippen MR) is 130 cm³/mol. The van der Waals surface area contributed by atoms with Gasteiger partial charge in [0.05, 0.1) is 5.41 Å². The van der Waals surface area contributed by atoms with Gasteiger partial charge in [-0.15, -0.1) is 0 Å². The third-order valence-corrected chi connectivity index (χ3v) is 9.96. The van der Waals surface area contributed by atoms with Gasteiger partial charge in [0.2, 0.25) is 0 Å². The molecule has 3 saturated carbocycles. The van der Waals surface area contributed by atoms with Crippen LogP contribution < -0.4 is 0 Å². The maximum Gasteiger partial charge on any atom is 0.302 e. The van der Waals surface area contributed by atoms with Crippen molar-refractivity contribution in [3.63, 3.8) is 0 Å². The van der Waals surface area contributed by atoms with Crippen molar-refractivity contribution in [2.45, 2.75) is 84.8 Å². The third-order valence-electron chi connectivity index (χ3n) is 8.94. The van der Waals surface area contributed by atoms with Crippen LogP contribution in [0.4, 0.5) is 0 Å². The smallest absolute Gasteiger partial charge is 0.302 e. The number of halogens is 1. The van der Waals surface area contributed by atoms with Crippen molar-refractivity contribution >= 4 is 46.8 Å². The standard InChI is InChI=1S/C25H37IO7/c1-15(32-16(2)28)20-5-6-21-19(12-26)22(8-9-24(20,21)4)25(13-31-14-27)10-7-18(11-23(25)30)33-17(3)29/h14-15,18-22H,5-13H2,1-4H3/t15-,18-,19-,20+,21-,22-,24+,25-/m0/s1. The summed E-state index contributed by atoms with van der Waals surface area (Å²) in [4.78, 5) is 47.7. The molecular formula is C25H37IO7. The number of esters is 2. The van der Waals surface area contributed by atoms with Gasteiger partial charge in [0.25, 0.3) is 6.47 Å². The van der Waals surface area contributed by atoms with Gasteiger partial charge in [-0.1, -0.05) is 29.5 Å². The van der Waals surface area contributed by atoms with Crippen LogP contribution in [0.1, 0.15) is 72.6 Å². The lowest BCUT2D eigenvalue weighted by molar-refractivity contribution is -0.165. The summed E-state index contributed by atoms with van der Waals surface area (Å²) >= 11 is 2.44.